The number of hydrogen-bond acceptors (Lipinski definition) is 6. The van der Waals surface area contributed by atoms with Crippen LogP contribution in [0.1, 0.15) is 36.5 Å². The van der Waals surface area contributed by atoms with Gasteiger partial charge in [-0.05, 0) is 51.8 Å². The Morgan fingerprint density at radius 1 is 1.46 bits per heavy atom. The molecule has 0 aromatic carbocycles. The van der Waals surface area contributed by atoms with E-state index in [-0.39, 0.29) is 22.8 Å². The zero-order valence-corrected chi connectivity index (χ0v) is 17.3. The second-order valence-corrected chi connectivity index (χ2v) is 9.55. The average Bonchev–Trinajstić information content (AvgIpc) is 2.89. The van der Waals surface area contributed by atoms with Crippen LogP contribution in [0.2, 0.25) is 0 Å². The van der Waals surface area contributed by atoms with Crippen LogP contribution in [-0.4, -0.2) is 40.3 Å². The number of fused-ring (bicyclic) bond motifs is 1. The summed E-state index contributed by atoms with van der Waals surface area (Å²) in [5.74, 6) is 1.64. The first-order valence-electron chi connectivity index (χ1n) is 8.98. The fraction of sp³-hybridized carbons (Fsp3) is 0.611. The van der Waals surface area contributed by atoms with Crippen LogP contribution in [0.4, 0.5) is 0 Å². The van der Waals surface area contributed by atoms with Crippen molar-refractivity contribution in [3.05, 3.63) is 26.6 Å². The quantitative estimate of drug-likeness (QED) is 0.725. The fourth-order valence-electron chi connectivity index (χ4n) is 3.18. The molecule has 142 valence electrons. The van der Waals surface area contributed by atoms with Crippen molar-refractivity contribution in [2.45, 2.75) is 51.2 Å². The lowest BCUT2D eigenvalue weighted by molar-refractivity contribution is -0.121. The van der Waals surface area contributed by atoms with Crippen molar-refractivity contribution >= 4 is 39.2 Å². The number of thiophene rings is 1. The largest absolute Gasteiger partial charge is 0.352 e. The topological polar surface area (TPSA) is 86.9 Å². The van der Waals surface area contributed by atoms with Gasteiger partial charge in [-0.15, -0.1) is 23.1 Å². The molecule has 0 aliphatic carbocycles. The van der Waals surface area contributed by atoms with Gasteiger partial charge in [-0.1, -0.05) is 6.92 Å². The van der Waals surface area contributed by atoms with Crippen molar-refractivity contribution in [2.75, 3.05) is 13.1 Å². The molecular formula is C18H26N4O2S2. The molecule has 0 spiro atoms. The van der Waals surface area contributed by atoms with Crippen LogP contribution in [0.25, 0.3) is 10.2 Å². The molecule has 3 unspecified atom stereocenters. The summed E-state index contributed by atoms with van der Waals surface area (Å²) in [7, 11) is 0. The first kappa shape index (κ1) is 19.4. The van der Waals surface area contributed by atoms with E-state index < -0.39 is 0 Å². The molecule has 1 fully saturated rings. The highest BCUT2D eigenvalue weighted by Gasteiger charge is 2.25. The molecule has 0 saturated carbocycles. The molecule has 3 heterocycles. The van der Waals surface area contributed by atoms with Crippen LogP contribution in [0.15, 0.2) is 4.79 Å². The van der Waals surface area contributed by atoms with Crippen LogP contribution >= 0.6 is 23.1 Å². The second-order valence-electron chi connectivity index (χ2n) is 7.01. The summed E-state index contributed by atoms with van der Waals surface area (Å²) in [5, 5.41) is 7.01. The number of aryl methyl sites for hydroxylation is 2. The van der Waals surface area contributed by atoms with Crippen molar-refractivity contribution in [3.8, 4) is 0 Å². The van der Waals surface area contributed by atoms with Gasteiger partial charge in [0.2, 0.25) is 5.91 Å². The molecular weight excluding hydrogens is 368 g/mol. The molecule has 3 atom stereocenters. The molecule has 1 amide bonds. The lowest BCUT2D eigenvalue weighted by Crippen LogP contribution is -2.50. The van der Waals surface area contributed by atoms with E-state index in [0.717, 1.165) is 34.8 Å². The molecule has 3 N–H and O–H groups in total. The number of carbonyl (C=O) groups is 1. The van der Waals surface area contributed by atoms with Gasteiger partial charge in [-0.2, -0.15) is 0 Å². The minimum absolute atomic E-state index is 0.0555. The number of nitrogens with one attached hydrogen (secondary N) is 3. The van der Waals surface area contributed by atoms with E-state index in [9.17, 15) is 9.59 Å². The monoisotopic (exact) mass is 394 g/mol. The van der Waals surface area contributed by atoms with Crippen molar-refractivity contribution in [1.82, 2.24) is 20.6 Å². The third kappa shape index (κ3) is 4.13. The zero-order chi connectivity index (χ0) is 18.8. The number of amides is 1. The Kier molecular flexibility index (Phi) is 6.04. The maximum Gasteiger partial charge on any atom is 0.259 e. The third-order valence-electron chi connectivity index (χ3n) is 5.04. The van der Waals surface area contributed by atoms with Gasteiger partial charge in [0, 0.05) is 10.9 Å². The second kappa shape index (κ2) is 8.10. The van der Waals surface area contributed by atoms with E-state index in [1.54, 1.807) is 11.3 Å². The molecule has 0 radical (unpaired) electrons. The maximum atomic E-state index is 12.5. The summed E-state index contributed by atoms with van der Waals surface area (Å²) in [6.45, 7) is 9.90. The number of carbonyl (C=O) groups excluding carboxylic acids is 1. The summed E-state index contributed by atoms with van der Waals surface area (Å²) in [6.07, 6.45) is 0.965. The van der Waals surface area contributed by atoms with Crippen LogP contribution in [0.3, 0.4) is 0 Å². The minimum Gasteiger partial charge on any atom is -0.352 e. The first-order chi connectivity index (χ1) is 12.4. The van der Waals surface area contributed by atoms with E-state index in [2.05, 4.69) is 27.5 Å². The lowest BCUT2D eigenvalue weighted by Gasteiger charge is -2.31. The Morgan fingerprint density at radius 2 is 2.23 bits per heavy atom. The third-order valence-corrected chi connectivity index (χ3v) is 7.30. The Morgan fingerprint density at radius 3 is 2.96 bits per heavy atom. The number of hydrogen-bond donors (Lipinski definition) is 3. The number of rotatable bonds is 5. The summed E-state index contributed by atoms with van der Waals surface area (Å²) in [5.41, 5.74) is 0.912. The number of aromatic amines is 1. The van der Waals surface area contributed by atoms with Crippen LogP contribution in [0, 0.1) is 19.8 Å². The molecule has 26 heavy (non-hydrogen) atoms. The van der Waals surface area contributed by atoms with Gasteiger partial charge in [0.25, 0.3) is 5.56 Å². The molecule has 1 aliphatic heterocycles. The minimum atomic E-state index is -0.190. The molecule has 2 aromatic rings. The summed E-state index contributed by atoms with van der Waals surface area (Å²) in [6, 6.07) is 0.234. The SMILES string of the molecule is Cc1sc2nc(CSC(C)C(=O)NC3CCNCC3C)[nH]c(=O)c2c1C. The summed E-state index contributed by atoms with van der Waals surface area (Å²) >= 11 is 3.05. The number of nitrogens with zero attached hydrogens (tertiary/aromatic N) is 1. The normalized spacial score (nSPS) is 21.7. The van der Waals surface area contributed by atoms with Gasteiger partial charge in [0.15, 0.2) is 0 Å². The molecule has 1 aliphatic rings. The highest BCUT2D eigenvalue weighted by molar-refractivity contribution is 7.99. The first-order valence-corrected chi connectivity index (χ1v) is 10.8. The molecule has 1 saturated heterocycles. The van der Waals surface area contributed by atoms with E-state index in [1.165, 1.54) is 11.8 Å². The number of H-pyrrole nitrogens is 1. The van der Waals surface area contributed by atoms with Gasteiger partial charge in [0.1, 0.15) is 10.7 Å². The van der Waals surface area contributed by atoms with Crippen LogP contribution < -0.4 is 16.2 Å². The number of thioether (sulfide) groups is 1. The predicted octanol–water partition coefficient (Wildman–Crippen LogP) is 2.34. The number of piperidine rings is 1. The number of aromatic nitrogens is 2. The van der Waals surface area contributed by atoms with Crippen molar-refractivity contribution in [3.63, 3.8) is 0 Å². The smallest absolute Gasteiger partial charge is 0.259 e. The highest BCUT2D eigenvalue weighted by Crippen LogP contribution is 2.26. The van der Waals surface area contributed by atoms with Gasteiger partial charge in [0.05, 0.1) is 16.4 Å². The van der Waals surface area contributed by atoms with E-state index in [1.807, 2.05) is 20.8 Å². The van der Waals surface area contributed by atoms with E-state index in [0.29, 0.717) is 22.9 Å². The van der Waals surface area contributed by atoms with Gasteiger partial charge in [-0.25, -0.2) is 4.98 Å². The van der Waals surface area contributed by atoms with Crippen molar-refractivity contribution in [1.29, 1.82) is 0 Å². The standard InChI is InChI=1S/C18H26N4O2S2/c1-9-7-19-6-5-13(9)20-16(23)12(4)25-8-14-21-17(24)15-10(2)11(3)26-18(15)22-14/h9,12-13,19H,5-8H2,1-4H3,(H,20,23)(H,21,22,24). The Bertz CT molecular complexity index is 861. The van der Waals surface area contributed by atoms with Crippen LogP contribution in [0.5, 0.6) is 0 Å². The molecule has 2 aromatic heterocycles. The molecule has 3 rings (SSSR count). The van der Waals surface area contributed by atoms with E-state index >= 15 is 0 Å². The molecule has 6 nitrogen and oxygen atoms in total. The average molecular weight is 395 g/mol. The zero-order valence-electron chi connectivity index (χ0n) is 15.6. The maximum absolute atomic E-state index is 12.5. The van der Waals surface area contributed by atoms with Gasteiger partial charge < -0.3 is 15.6 Å². The molecule has 0 bridgehead atoms. The van der Waals surface area contributed by atoms with E-state index in [4.69, 9.17) is 0 Å². The van der Waals surface area contributed by atoms with Crippen LogP contribution in [-0.2, 0) is 10.5 Å². The van der Waals surface area contributed by atoms with Gasteiger partial charge in [-0.3, -0.25) is 9.59 Å². The summed E-state index contributed by atoms with van der Waals surface area (Å²) < 4.78 is 0. The highest BCUT2D eigenvalue weighted by atomic mass is 32.2. The Hall–Kier alpha value is -1.38. The Balaban J connectivity index is 1.62. The molecule has 8 heteroatoms. The summed E-state index contributed by atoms with van der Waals surface area (Å²) in [4.78, 5) is 34.1. The fourth-order valence-corrected chi connectivity index (χ4v) is 4.99. The Labute approximate surface area is 161 Å². The van der Waals surface area contributed by atoms with Crippen molar-refractivity contribution in [2.24, 2.45) is 5.92 Å². The van der Waals surface area contributed by atoms with Crippen molar-refractivity contribution < 1.29 is 4.79 Å². The predicted molar refractivity (Wildman–Crippen MR) is 109 cm³/mol. The lowest BCUT2D eigenvalue weighted by atomic mass is 9.95. The van der Waals surface area contributed by atoms with Gasteiger partial charge >= 0.3 is 0 Å².